The normalized spacial score (nSPS) is 10.2. The molecule has 0 bridgehead atoms. The van der Waals surface area contributed by atoms with E-state index < -0.39 is 11.9 Å². The SMILES string of the molecule is COc1cccc(C(=O)NCC(=O)OCC(=O)N(C)Cc2ccc(SC)cc2)c1. The molecule has 29 heavy (non-hydrogen) atoms. The molecule has 0 saturated carbocycles. The van der Waals surface area contributed by atoms with Gasteiger partial charge in [-0.05, 0) is 42.2 Å². The minimum absolute atomic E-state index is 0.327. The summed E-state index contributed by atoms with van der Waals surface area (Å²) in [7, 11) is 3.14. The lowest BCUT2D eigenvalue weighted by Gasteiger charge is -2.17. The second kappa shape index (κ2) is 11.1. The average Bonchev–Trinajstić information content (AvgIpc) is 2.76. The van der Waals surface area contributed by atoms with E-state index in [9.17, 15) is 14.4 Å². The number of hydrogen-bond donors (Lipinski definition) is 1. The zero-order chi connectivity index (χ0) is 21.2. The van der Waals surface area contributed by atoms with Gasteiger partial charge in [-0.3, -0.25) is 14.4 Å². The Kier molecular flexibility index (Phi) is 8.54. The average molecular weight is 416 g/mol. The number of carbonyl (C=O) groups excluding carboxylic acids is 3. The monoisotopic (exact) mass is 416 g/mol. The molecule has 0 aliphatic rings. The summed E-state index contributed by atoms with van der Waals surface area (Å²) in [6, 6.07) is 14.4. The summed E-state index contributed by atoms with van der Waals surface area (Å²) >= 11 is 1.65. The van der Waals surface area contributed by atoms with Gasteiger partial charge >= 0.3 is 5.97 Å². The second-order valence-corrected chi connectivity index (χ2v) is 7.05. The smallest absolute Gasteiger partial charge is 0.325 e. The Bertz CT molecular complexity index is 854. The maximum absolute atomic E-state index is 12.1. The van der Waals surface area contributed by atoms with Gasteiger partial charge in [0.2, 0.25) is 0 Å². The first-order chi connectivity index (χ1) is 13.9. The van der Waals surface area contributed by atoms with Crippen molar-refractivity contribution in [2.24, 2.45) is 0 Å². The molecule has 0 spiro atoms. The number of nitrogens with one attached hydrogen (secondary N) is 1. The predicted octanol–water partition coefficient (Wildman–Crippen LogP) is 2.35. The Morgan fingerprint density at radius 1 is 1.10 bits per heavy atom. The largest absolute Gasteiger partial charge is 0.497 e. The Morgan fingerprint density at radius 3 is 2.48 bits per heavy atom. The maximum Gasteiger partial charge on any atom is 0.325 e. The first kappa shape index (κ1) is 22.3. The quantitative estimate of drug-likeness (QED) is 0.499. The maximum atomic E-state index is 12.1. The summed E-state index contributed by atoms with van der Waals surface area (Å²) in [6.07, 6.45) is 2.00. The number of thioether (sulfide) groups is 1. The standard InChI is InChI=1S/C21H24N2O5S/c1-23(13-15-7-9-18(29-3)10-8-15)19(24)14-28-20(25)12-22-21(26)16-5-4-6-17(11-16)27-2/h4-11H,12-14H2,1-3H3,(H,22,26). The highest BCUT2D eigenvalue weighted by atomic mass is 32.2. The Labute approximate surface area is 174 Å². The van der Waals surface area contributed by atoms with E-state index in [1.807, 2.05) is 30.5 Å². The van der Waals surface area contributed by atoms with Crippen LogP contribution in [0.4, 0.5) is 0 Å². The molecule has 0 atom stereocenters. The Hall–Kier alpha value is -3.00. The fourth-order valence-corrected chi connectivity index (χ4v) is 2.82. The number of carbonyl (C=O) groups is 3. The molecule has 1 N–H and O–H groups in total. The lowest BCUT2D eigenvalue weighted by Crippen LogP contribution is -2.34. The van der Waals surface area contributed by atoms with Gasteiger partial charge in [0.15, 0.2) is 6.61 Å². The van der Waals surface area contributed by atoms with Gasteiger partial charge in [0.1, 0.15) is 12.3 Å². The molecule has 0 unspecified atom stereocenters. The topological polar surface area (TPSA) is 84.9 Å². The summed E-state index contributed by atoms with van der Waals surface area (Å²) in [5.74, 6) is -0.909. The number of amides is 2. The van der Waals surface area contributed by atoms with Crippen molar-refractivity contribution in [2.75, 3.05) is 33.6 Å². The number of rotatable bonds is 9. The van der Waals surface area contributed by atoms with Gasteiger partial charge in [-0.15, -0.1) is 11.8 Å². The van der Waals surface area contributed by atoms with Gasteiger partial charge in [-0.1, -0.05) is 18.2 Å². The van der Waals surface area contributed by atoms with Crippen molar-refractivity contribution in [3.05, 3.63) is 59.7 Å². The second-order valence-electron chi connectivity index (χ2n) is 6.17. The van der Waals surface area contributed by atoms with E-state index in [0.717, 1.165) is 10.5 Å². The molecular weight excluding hydrogens is 392 g/mol. The fourth-order valence-electron chi connectivity index (χ4n) is 2.42. The first-order valence-corrected chi connectivity index (χ1v) is 10.1. The number of hydrogen-bond acceptors (Lipinski definition) is 6. The van der Waals surface area contributed by atoms with Crippen molar-refractivity contribution in [1.82, 2.24) is 10.2 Å². The van der Waals surface area contributed by atoms with E-state index in [4.69, 9.17) is 9.47 Å². The summed E-state index contributed by atoms with van der Waals surface area (Å²) in [4.78, 5) is 38.7. The zero-order valence-corrected chi connectivity index (χ0v) is 17.5. The molecular formula is C21H24N2O5S. The molecule has 2 aromatic carbocycles. The van der Waals surface area contributed by atoms with Crippen LogP contribution in [0.15, 0.2) is 53.4 Å². The van der Waals surface area contributed by atoms with E-state index in [1.54, 1.807) is 43.1 Å². The minimum atomic E-state index is -0.688. The van der Waals surface area contributed by atoms with E-state index in [2.05, 4.69) is 5.32 Å². The number of benzene rings is 2. The number of ether oxygens (including phenoxy) is 2. The molecule has 7 nitrogen and oxygen atoms in total. The molecule has 0 heterocycles. The lowest BCUT2D eigenvalue weighted by atomic mass is 10.2. The minimum Gasteiger partial charge on any atom is -0.497 e. The third-order valence-electron chi connectivity index (χ3n) is 4.09. The van der Waals surface area contributed by atoms with Crippen LogP contribution in [-0.2, 0) is 20.9 Å². The van der Waals surface area contributed by atoms with Crippen LogP contribution in [0.1, 0.15) is 15.9 Å². The highest BCUT2D eigenvalue weighted by Crippen LogP contribution is 2.15. The van der Waals surface area contributed by atoms with Crippen LogP contribution >= 0.6 is 11.8 Å². The third kappa shape index (κ3) is 7.15. The lowest BCUT2D eigenvalue weighted by molar-refractivity contribution is -0.150. The summed E-state index contributed by atoms with van der Waals surface area (Å²) < 4.78 is 10.0. The molecule has 0 radical (unpaired) electrons. The van der Waals surface area contributed by atoms with Crippen molar-refractivity contribution in [2.45, 2.75) is 11.4 Å². The number of methoxy groups -OCH3 is 1. The third-order valence-corrected chi connectivity index (χ3v) is 4.83. The van der Waals surface area contributed by atoms with Crippen LogP contribution in [0.3, 0.4) is 0 Å². The molecule has 8 heteroatoms. The number of nitrogens with zero attached hydrogens (tertiary/aromatic N) is 1. The van der Waals surface area contributed by atoms with Crippen molar-refractivity contribution in [3.8, 4) is 5.75 Å². The molecule has 2 amide bonds. The highest BCUT2D eigenvalue weighted by Gasteiger charge is 2.14. The number of likely N-dealkylation sites (N-methyl/N-ethyl adjacent to an activating group) is 1. The van der Waals surface area contributed by atoms with Gasteiger partial charge in [0, 0.05) is 24.1 Å². The summed E-state index contributed by atoms with van der Waals surface area (Å²) in [5, 5.41) is 2.46. The van der Waals surface area contributed by atoms with Gasteiger partial charge in [0.25, 0.3) is 11.8 Å². The van der Waals surface area contributed by atoms with Crippen LogP contribution < -0.4 is 10.1 Å². The van der Waals surface area contributed by atoms with Gasteiger partial charge in [-0.2, -0.15) is 0 Å². The van der Waals surface area contributed by atoms with Crippen LogP contribution in [0.25, 0.3) is 0 Å². The van der Waals surface area contributed by atoms with E-state index in [-0.39, 0.29) is 19.1 Å². The highest BCUT2D eigenvalue weighted by molar-refractivity contribution is 7.98. The molecule has 0 aliphatic heterocycles. The summed E-state index contributed by atoms with van der Waals surface area (Å²) in [5.41, 5.74) is 1.34. The van der Waals surface area contributed by atoms with Crippen LogP contribution in [0.5, 0.6) is 5.75 Å². The van der Waals surface area contributed by atoms with Crippen LogP contribution in [0, 0.1) is 0 Å². The molecule has 154 valence electrons. The van der Waals surface area contributed by atoms with Gasteiger partial charge < -0.3 is 19.7 Å². The number of esters is 1. The molecule has 2 rings (SSSR count). The zero-order valence-electron chi connectivity index (χ0n) is 16.6. The predicted molar refractivity (Wildman–Crippen MR) is 111 cm³/mol. The summed E-state index contributed by atoms with van der Waals surface area (Å²) in [6.45, 7) is -0.298. The van der Waals surface area contributed by atoms with Crippen molar-refractivity contribution in [3.63, 3.8) is 0 Å². The molecule has 0 aromatic heterocycles. The van der Waals surface area contributed by atoms with Gasteiger partial charge in [0.05, 0.1) is 7.11 Å². The Morgan fingerprint density at radius 2 is 1.83 bits per heavy atom. The molecule has 0 aliphatic carbocycles. The van der Waals surface area contributed by atoms with E-state index in [0.29, 0.717) is 17.9 Å². The first-order valence-electron chi connectivity index (χ1n) is 8.87. The van der Waals surface area contributed by atoms with Crippen molar-refractivity contribution < 1.29 is 23.9 Å². The van der Waals surface area contributed by atoms with Crippen molar-refractivity contribution >= 4 is 29.5 Å². The van der Waals surface area contributed by atoms with Gasteiger partial charge in [-0.25, -0.2) is 0 Å². The van der Waals surface area contributed by atoms with Crippen LogP contribution in [0.2, 0.25) is 0 Å². The van der Waals surface area contributed by atoms with Crippen molar-refractivity contribution in [1.29, 1.82) is 0 Å². The Balaban J connectivity index is 1.74. The van der Waals surface area contributed by atoms with E-state index in [1.165, 1.54) is 12.0 Å². The fraction of sp³-hybridized carbons (Fsp3) is 0.286. The van der Waals surface area contributed by atoms with E-state index >= 15 is 0 Å². The molecule has 0 saturated heterocycles. The molecule has 0 fully saturated rings. The van der Waals surface area contributed by atoms with Crippen LogP contribution in [-0.4, -0.2) is 56.2 Å². The molecule has 2 aromatic rings.